The number of benzene rings is 1. The van der Waals surface area contributed by atoms with Crippen molar-refractivity contribution in [3.05, 3.63) is 28.8 Å². The average molecular weight is 275 g/mol. The van der Waals surface area contributed by atoms with Crippen molar-refractivity contribution in [2.24, 2.45) is 5.92 Å². The summed E-state index contributed by atoms with van der Waals surface area (Å²) in [6.07, 6.45) is 1.73. The van der Waals surface area contributed by atoms with Gasteiger partial charge in [0.05, 0.1) is 11.0 Å². The number of sulfone groups is 1. The van der Waals surface area contributed by atoms with E-state index in [1.54, 1.807) is 19.1 Å². The van der Waals surface area contributed by atoms with Crippen LogP contribution in [0.5, 0.6) is 0 Å². The summed E-state index contributed by atoms with van der Waals surface area (Å²) in [6, 6.07) is 4.82. The van der Waals surface area contributed by atoms with Crippen LogP contribution in [0.1, 0.15) is 24.8 Å². The molecule has 1 aromatic carbocycles. The maximum absolute atomic E-state index is 11.4. The average Bonchev–Trinajstić information content (AvgIpc) is 2.95. The van der Waals surface area contributed by atoms with Gasteiger partial charge < -0.3 is 5.11 Å². The van der Waals surface area contributed by atoms with Gasteiger partial charge in [-0.15, -0.1) is 0 Å². The summed E-state index contributed by atoms with van der Waals surface area (Å²) in [5, 5.41) is 9.93. The smallest absolute Gasteiger partial charge is 0.175 e. The third-order valence-corrected chi connectivity index (χ3v) is 4.70. The lowest BCUT2D eigenvalue weighted by Crippen LogP contribution is -2.04. The van der Waals surface area contributed by atoms with Gasteiger partial charge in [-0.2, -0.15) is 0 Å². The molecule has 3 nitrogen and oxygen atoms in total. The van der Waals surface area contributed by atoms with Crippen LogP contribution in [0.25, 0.3) is 0 Å². The molecule has 94 valence electrons. The van der Waals surface area contributed by atoms with Crippen molar-refractivity contribution in [1.82, 2.24) is 0 Å². The topological polar surface area (TPSA) is 54.4 Å². The van der Waals surface area contributed by atoms with Crippen molar-refractivity contribution in [3.63, 3.8) is 0 Å². The summed E-state index contributed by atoms with van der Waals surface area (Å²) < 4.78 is 22.7. The van der Waals surface area contributed by atoms with Crippen molar-refractivity contribution >= 4 is 21.4 Å². The zero-order valence-corrected chi connectivity index (χ0v) is 11.3. The van der Waals surface area contributed by atoms with Gasteiger partial charge in [-0.25, -0.2) is 8.42 Å². The van der Waals surface area contributed by atoms with E-state index in [4.69, 9.17) is 11.6 Å². The van der Waals surface area contributed by atoms with Gasteiger partial charge in [0.25, 0.3) is 0 Å². The van der Waals surface area contributed by atoms with Gasteiger partial charge in [-0.05, 0) is 42.9 Å². The maximum Gasteiger partial charge on any atom is 0.175 e. The lowest BCUT2D eigenvalue weighted by Gasteiger charge is -2.07. The maximum atomic E-state index is 11.4. The predicted molar refractivity (Wildman–Crippen MR) is 67.1 cm³/mol. The molecule has 1 aliphatic rings. The molecule has 0 aliphatic heterocycles. The van der Waals surface area contributed by atoms with Crippen molar-refractivity contribution in [2.75, 3.05) is 6.26 Å². The fraction of sp³-hybridized carbons (Fsp3) is 0.500. The minimum atomic E-state index is -3.21. The highest BCUT2D eigenvalue weighted by atomic mass is 35.5. The summed E-state index contributed by atoms with van der Waals surface area (Å²) in [5.74, 6) is 0.507. The molecule has 1 N–H and O–H groups in total. The normalized spacial score (nSPS) is 25.6. The molecule has 3 atom stereocenters. The number of rotatable bonds is 3. The predicted octanol–water partition coefficient (Wildman–Crippen LogP) is 2.23. The Morgan fingerprint density at radius 1 is 1.47 bits per heavy atom. The molecule has 1 saturated carbocycles. The number of hydrogen-bond acceptors (Lipinski definition) is 3. The second-order valence-corrected chi connectivity index (χ2v) is 7.13. The van der Waals surface area contributed by atoms with E-state index in [9.17, 15) is 13.5 Å². The molecule has 0 saturated heterocycles. The molecule has 3 unspecified atom stereocenters. The highest BCUT2D eigenvalue weighted by Gasteiger charge is 2.42. The van der Waals surface area contributed by atoms with Crippen molar-refractivity contribution in [2.45, 2.75) is 30.3 Å². The van der Waals surface area contributed by atoms with E-state index in [1.807, 2.05) is 0 Å². The summed E-state index contributed by atoms with van der Waals surface area (Å²) >= 11 is 6.09. The summed E-state index contributed by atoms with van der Waals surface area (Å²) in [7, 11) is -3.21. The lowest BCUT2D eigenvalue weighted by atomic mass is 10.1. The molecule has 0 amide bonds. The summed E-state index contributed by atoms with van der Waals surface area (Å²) in [4.78, 5) is 0.237. The second kappa shape index (κ2) is 4.26. The van der Waals surface area contributed by atoms with Gasteiger partial charge in [0.2, 0.25) is 0 Å². The largest absolute Gasteiger partial charge is 0.393 e. The summed E-state index contributed by atoms with van der Waals surface area (Å²) in [5.41, 5.74) is 0.935. The molecular formula is C12H15ClO3S. The highest BCUT2D eigenvalue weighted by molar-refractivity contribution is 7.90. The van der Waals surface area contributed by atoms with Crippen LogP contribution >= 0.6 is 11.6 Å². The standard InChI is InChI=1S/C12H15ClO3S/c1-7(14)10-6-11(10)9-4-3-8(5-12(9)13)17(2,15)16/h3-5,7,10-11,14H,6H2,1-2H3. The molecule has 0 aromatic heterocycles. The lowest BCUT2D eigenvalue weighted by molar-refractivity contribution is 0.169. The Bertz CT molecular complexity index is 537. The van der Waals surface area contributed by atoms with Crippen LogP contribution in [0.2, 0.25) is 5.02 Å². The third-order valence-electron chi connectivity index (χ3n) is 3.26. The molecule has 0 radical (unpaired) electrons. The Morgan fingerprint density at radius 3 is 2.53 bits per heavy atom. The van der Waals surface area contributed by atoms with Crippen LogP contribution in [-0.2, 0) is 9.84 Å². The Labute approximate surface area is 106 Å². The molecular weight excluding hydrogens is 260 g/mol. The van der Waals surface area contributed by atoms with Crippen LogP contribution in [-0.4, -0.2) is 25.9 Å². The first-order chi connectivity index (χ1) is 7.80. The van der Waals surface area contributed by atoms with Crippen LogP contribution in [0.4, 0.5) is 0 Å². The van der Waals surface area contributed by atoms with Crippen LogP contribution in [0.15, 0.2) is 23.1 Å². The van der Waals surface area contributed by atoms with Crippen molar-refractivity contribution < 1.29 is 13.5 Å². The Balaban J connectivity index is 2.28. The van der Waals surface area contributed by atoms with Gasteiger partial charge in [0, 0.05) is 11.3 Å². The number of aliphatic hydroxyl groups is 1. The Kier molecular flexibility index (Phi) is 3.23. The van der Waals surface area contributed by atoms with Gasteiger partial charge in [-0.3, -0.25) is 0 Å². The van der Waals surface area contributed by atoms with Crippen molar-refractivity contribution in [1.29, 1.82) is 0 Å². The SMILES string of the molecule is CC(O)C1CC1c1ccc(S(C)(=O)=O)cc1Cl. The first kappa shape index (κ1) is 12.9. The molecule has 0 heterocycles. The fourth-order valence-corrected chi connectivity index (χ4v) is 3.18. The number of halogens is 1. The third kappa shape index (κ3) is 2.64. The zero-order chi connectivity index (χ0) is 12.8. The molecule has 17 heavy (non-hydrogen) atoms. The molecule has 2 rings (SSSR count). The highest BCUT2D eigenvalue weighted by Crippen LogP contribution is 2.51. The quantitative estimate of drug-likeness (QED) is 0.920. The molecule has 5 heteroatoms. The molecule has 1 aliphatic carbocycles. The minimum absolute atomic E-state index is 0.237. The van der Waals surface area contributed by atoms with E-state index < -0.39 is 9.84 Å². The number of hydrogen-bond donors (Lipinski definition) is 1. The Hall–Kier alpha value is -0.580. The van der Waals surface area contributed by atoms with Crippen molar-refractivity contribution in [3.8, 4) is 0 Å². The van der Waals surface area contributed by atoms with Gasteiger partial charge in [-0.1, -0.05) is 17.7 Å². The van der Waals surface area contributed by atoms with E-state index in [-0.39, 0.29) is 22.8 Å². The minimum Gasteiger partial charge on any atom is -0.393 e. The first-order valence-electron chi connectivity index (χ1n) is 5.48. The van der Waals surface area contributed by atoms with E-state index >= 15 is 0 Å². The van der Waals surface area contributed by atoms with Crippen LogP contribution in [0.3, 0.4) is 0 Å². The van der Waals surface area contributed by atoms with E-state index in [0.717, 1.165) is 18.2 Å². The Morgan fingerprint density at radius 2 is 2.12 bits per heavy atom. The monoisotopic (exact) mass is 274 g/mol. The van der Waals surface area contributed by atoms with Gasteiger partial charge >= 0.3 is 0 Å². The van der Waals surface area contributed by atoms with E-state index in [0.29, 0.717) is 5.02 Å². The van der Waals surface area contributed by atoms with Crippen LogP contribution in [0, 0.1) is 5.92 Å². The fourth-order valence-electron chi connectivity index (χ4n) is 2.14. The molecule has 1 fully saturated rings. The van der Waals surface area contributed by atoms with E-state index in [2.05, 4.69) is 0 Å². The second-order valence-electron chi connectivity index (χ2n) is 4.70. The molecule has 0 spiro atoms. The van der Waals surface area contributed by atoms with Crippen LogP contribution < -0.4 is 0 Å². The zero-order valence-electron chi connectivity index (χ0n) is 9.72. The molecule has 0 bridgehead atoms. The number of aliphatic hydroxyl groups excluding tert-OH is 1. The van der Waals surface area contributed by atoms with E-state index in [1.165, 1.54) is 6.07 Å². The first-order valence-corrected chi connectivity index (χ1v) is 7.75. The summed E-state index contributed by atoms with van der Waals surface area (Å²) in [6.45, 7) is 1.77. The van der Waals surface area contributed by atoms with Gasteiger partial charge in [0.15, 0.2) is 9.84 Å². The molecule has 1 aromatic rings. The van der Waals surface area contributed by atoms with Gasteiger partial charge in [0.1, 0.15) is 0 Å².